The number of rotatable bonds is 3. The highest BCUT2D eigenvalue weighted by atomic mass is 19.1. The minimum atomic E-state index is -0.230. The molecule has 2 aromatic carbocycles. The van der Waals surface area contributed by atoms with Crippen molar-refractivity contribution in [1.82, 2.24) is 4.98 Å². The number of hydrogen-bond acceptors (Lipinski definition) is 2. The van der Waals surface area contributed by atoms with Gasteiger partial charge < -0.3 is 4.90 Å². The fourth-order valence-corrected chi connectivity index (χ4v) is 2.24. The van der Waals surface area contributed by atoms with Crippen molar-refractivity contribution in [2.45, 2.75) is 0 Å². The van der Waals surface area contributed by atoms with Crippen LogP contribution in [0.2, 0.25) is 0 Å². The average Bonchev–Trinajstić information content (AvgIpc) is 2.55. The first kappa shape index (κ1) is 13.3. The van der Waals surface area contributed by atoms with E-state index >= 15 is 0 Å². The van der Waals surface area contributed by atoms with Crippen LogP contribution in [0.5, 0.6) is 0 Å². The van der Waals surface area contributed by atoms with Crippen molar-refractivity contribution in [3.05, 3.63) is 78.9 Å². The molecule has 0 radical (unpaired) electrons. The van der Waals surface area contributed by atoms with Gasteiger partial charge in [-0.2, -0.15) is 0 Å². The molecule has 0 aliphatic rings. The Morgan fingerprint density at radius 3 is 2.33 bits per heavy atom. The number of anilines is 2. The average molecular weight is 278 g/mol. The zero-order chi connectivity index (χ0) is 14.7. The molecule has 0 bridgehead atoms. The zero-order valence-corrected chi connectivity index (χ0v) is 11.7. The van der Waals surface area contributed by atoms with Crippen molar-refractivity contribution in [3.8, 4) is 11.1 Å². The Kier molecular flexibility index (Phi) is 3.65. The van der Waals surface area contributed by atoms with Crippen LogP contribution in [0, 0.1) is 5.82 Å². The lowest BCUT2D eigenvalue weighted by Crippen LogP contribution is -2.09. The summed E-state index contributed by atoms with van der Waals surface area (Å²) in [7, 11) is 1.92. The van der Waals surface area contributed by atoms with Gasteiger partial charge in [-0.05, 0) is 47.5 Å². The van der Waals surface area contributed by atoms with E-state index in [2.05, 4.69) is 4.98 Å². The number of pyridine rings is 1. The summed E-state index contributed by atoms with van der Waals surface area (Å²) in [5, 5.41) is 0. The summed E-state index contributed by atoms with van der Waals surface area (Å²) in [4.78, 5) is 6.08. The van der Waals surface area contributed by atoms with Crippen LogP contribution in [-0.2, 0) is 0 Å². The van der Waals surface area contributed by atoms with Crippen LogP contribution in [0.4, 0.5) is 15.8 Å². The third-order valence-corrected chi connectivity index (χ3v) is 3.44. The fraction of sp³-hybridized carbons (Fsp3) is 0.0556. The second kappa shape index (κ2) is 5.75. The summed E-state index contributed by atoms with van der Waals surface area (Å²) in [6, 6.07) is 18.6. The Morgan fingerprint density at radius 2 is 1.67 bits per heavy atom. The van der Waals surface area contributed by atoms with Gasteiger partial charge in [-0.1, -0.05) is 24.3 Å². The molecule has 0 unspecified atom stereocenters. The highest BCUT2D eigenvalue weighted by Crippen LogP contribution is 2.26. The minimum absolute atomic E-state index is 0.230. The predicted molar refractivity (Wildman–Crippen MR) is 84.1 cm³/mol. The highest BCUT2D eigenvalue weighted by Gasteiger charge is 2.05. The van der Waals surface area contributed by atoms with Gasteiger partial charge in [0.25, 0.3) is 0 Å². The molecule has 0 aliphatic heterocycles. The molecule has 0 saturated heterocycles. The SMILES string of the molecule is CN(c1ccc(-c2cccnc2)cc1)c1cccc(F)c1. The molecular formula is C18H15FN2. The van der Waals surface area contributed by atoms with E-state index in [4.69, 9.17) is 0 Å². The van der Waals surface area contributed by atoms with E-state index in [0.717, 1.165) is 22.5 Å². The molecule has 0 N–H and O–H groups in total. The molecule has 0 spiro atoms. The van der Waals surface area contributed by atoms with E-state index in [-0.39, 0.29) is 5.82 Å². The lowest BCUT2D eigenvalue weighted by molar-refractivity contribution is 0.628. The zero-order valence-electron chi connectivity index (χ0n) is 11.7. The number of nitrogens with zero attached hydrogens (tertiary/aromatic N) is 2. The largest absolute Gasteiger partial charge is 0.345 e. The van der Waals surface area contributed by atoms with Gasteiger partial charge in [-0.25, -0.2) is 4.39 Å². The van der Waals surface area contributed by atoms with Crippen molar-refractivity contribution in [2.75, 3.05) is 11.9 Å². The molecule has 3 heteroatoms. The maximum absolute atomic E-state index is 13.3. The third-order valence-electron chi connectivity index (χ3n) is 3.44. The quantitative estimate of drug-likeness (QED) is 0.693. The lowest BCUT2D eigenvalue weighted by atomic mass is 10.1. The van der Waals surface area contributed by atoms with Crippen LogP contribution >= 0.6 is 0 Å². The molecule has 0 atom stereocenters. The van der Waals surface area contributed by atoms with Gasteiger partial charge in [0.15, 0.2) is 0 Å². The van der Waals surface area contributed by atoms with E-state index in [1.807, 2.05) is 60.6 Å². The number of hydrogen-bond donors (Lipinski definition) is 0. The van der Waals surface area contributed by atoms with E-state index in [9.17, 15) is 4.39 Å². The smallest absolute Gasteiger partial charge is 0.125 e. The molecule has 0 amide bonds. The Hall–Kier alpha value is -2.68. The molecule has 2 nitrogen and oxygen atoms in total. The monoisotopic (exact) mass is 278 g/mol. The summed E-state index contributed by atoms with van der Waals surface area (Å²) in [6.45, 7) is 0. The van der Waals surface area contributed by atoms with Crippen molar-refractivity contribution in [3.63, 3.8) is 0 Å². The topological polar surface area (TPSA) is 16.1 Å². The molecule has 3 rings (SSSR count). The maximum Gasteiger partial charge on any atom is 0.125 e. The van der Waals surface area contributed by atoms with E-state index < -0.39 is 0 Å². The van der Waals surface area contributed by atoms with Gasteiger partial charge in [0.05, 0.1) is 0 Å². The first-order valence-electron chi connectivity index (χ1n) is 6.74. The van der Waals surface area contributed by atoms with Crippen LogP contribution in [0.15, 0.2) is 73.1 Å². The summed E-state index contributed by atoms with van der Waals surface area (Å²) >= 11 is 0. The van der Waals surface area contributed by atoms with Gasteiger partial charge in [0.1, 0.15) is 5.82 Å². The van der Waals surface area contributed by atoms with Crippen LogP contribution in [-0.4, -0.2) is 12.0 Å². The molecule has 3 aromatic rings. The number of benzene rings is 2. The van der Waals surface area contributed by atoms with Gasteiger partial charge in [0.2, 0.25) is 0 Å². The number of aromatic nitrogens is 1. The lowest BCUT2D eigenvalue weighted by Gasteiger charge is -2.19. The second-order valence-corrected chi connectivity index (χ2v) is 4.83. The molecule has 104 valence electrons. The summed E-state index contributed by atoms with van der Waals surface area (Å²) in [5.74, 6) is -0.230. The molecule has 0 saturated carbocycles. The Labute approximate surface area is 123 Å². The molecule has 0 fully saturated rings. The predicted octanol–water partition coefficient (Wildman–Crippen LogP) is 4.66. The molecular weight excluding hydrogens is 263 g/mol. The van der Waals surface area contributed by atoms with Crippen LogP contribution < -0.4 is 4.90 Å². The first-order chi connectivity index (χ1) is 10.2. The van der Waals surface area contributed by atoms with E-state index in [1.54, 1.807) is 12.3 Å². The third kappa shape index (κ3) is 2.92. The Bertz CT molecular complexity index is 724. The summed E-state index contributed by atoms with van der Waals surface area (Å²) in [5.41, 5.74) is 4.02. The van der Waals surface area contributed by atoms with Gasteiger partial charge in [-0.3, -0.25) is 4.98 Å². The van der Waals surface area contributed by atoms with Crippen molar-refractivity contribution in [2.24, 2.45) is 0 Å². The van der Waals surface area contributed by atoms with Crippen LogP contribution in [0.1, 0.15) is 0 Å². The van der Waals surface area contributed by atoms with Crippen LogP contribution in [0.25, 0.3) is 11.1 Å². The molecule has 0 aliphatic carbocycles. The van der Waals surface area contributed by atoms with Gasteiger partial charge in [-0.15, -0.1) is 0 Å². The summed E-state index contributed by atoms with van der Waals surface area (Å²) < 4.78 is 13.3. The molecule has 1 heterocycles. The minimum Gasteiger partial charge on any atom is -0.345 e. The van der Waals surface area contributed by atoms with E-state index in [0.29, 0.717) is 0 Å². The maximum atomic E-state index is 13.3. The van der Waals surface area contributed by atoms with Crippen LogP contribution in [0.3, 0.4) is 0 Å². The van der Waals surface area contributed by atoms with E-state index in [1.165, 1.54) is 12.1 Å². The first-order valence-corrected chi connectivity index (χ1v) is 6.74. The summed E-state index contributed by atoms with van der Waals surface area (Å²) in [6.07, 6.45) is 3.60. The van der Waals surface area contributed by atoms with Gasteiger partial charge in [0, 0.05) is 30.8 Å². The Balaban J connectivity index is 1.87. The van der Waals surface area contributed by atoms with Gasteiger partial charge >= 0.3 is 0 Å². The number of halogens is 1. The second-order valence-electron chi connectivity index (χ2n) is 4.83. The Morgan fingerprint density at radius 1 is 0.857 bits per heavy atom. The van der Waals surface area contributed by atoms with Crippen molar-refractivity contribution < 1.29 is 4.39 Å². The highest BCUT2D eigenvalue weighted by molar-refractivity contribution is 5.68. The molecule has 1 aromatic heterocycles. The molecule has 21 heavy (non-hydrogen) atoms. The standard InChI is InChI=1S/C18H15FN2/c1-21(18-6-2-5-16(19)12-18)17-9-7-14(8-10-17)15-4-3-11-20-13-15/h2-13H,1H3. The van der Waals surface area contributed by atoms with Crippen molar-refractivity contribution >= 4 is 11.4 Å². The van der Waals surface area contributed by atoms with Crippen molar-refractivity contribution in [1.29, 1.82) is 0 Å². The normalized spacial score (nSPS) is 10.4. The fourth-order valence-electron chi connectivity index (χ4n) is 2.24.